The summed E-state index contributed by atoms with van der Waals surface area (Å²) < 4.78 is 0. The van der Waals surface area contributed by atoms with Gasteiger partial charge in [-0.2, -0.15) is 0 Å². The van der Waals surface area contributed by atoms with E-state index in [4.69, 9.17) is 9.97 Å². The van der Waals surface area contributed by atoms with Crippen molar-refractivity contribution in [3.05, 3.63) is 277 Å². The molecule has 0 unspecified atom stereocenters. The highest BCUT2D eigenvalue weighted by Gasteiger charge is 2.51. The van der Waals surface area contributed by atoms with Crippen LogP contribution in [-0.2, 0) is 5.41 Å². The minimum atomic E-state index is -0.407. The molecule has 0 radical (unpaired) electrons. The van der Waals surface area contributed by atoms with E-state index in [1.165, 1.54) is 104 Å². The average Bonchev–Trinajstić information content (AvgIpc) is 3.92. The Hall–Kier alpha value is -9.24. The van der Waals surface area contributed by atoms with Gasteiger partial charge in [0.05, 0.1) is 16.8 Å². The zero-order valence-electron chi connectivity index (χ0n) is 38.6. The molecule has 0 saturated carbocycles. The van der Waals surface area contributed by atoms with Crippen LogP contribution in [0.25, 0.3) is 122 Å². The molecular formula is C69H42N2. The van der Waals surface area contributed by atoms with E-state index in [1.807, 2.05) is 0 Å². The normalized spacial score (nSPS) is 12.9. The predicted octanol–water partition coefficient (Wildman–Crippen LogP) is 17.8. The van der Waals surface area contributed by atoms with Gasteiger partial charge >= 0.3 is 0 Å². The fraction of sp³-hybridized carbons (Fsp3) is 0.0145. The number of benzene rings is 12. The van der Waals surface area contributed by atoms with Crippen molar-refractivity contribution in [1.29, 1.82) is 0 Å². The van der Waals surface area contributed by atoms with Crippen LogP contribution in [0.4, 0.5) is 0 Å². The second-order valence-electron chi connectivity index (χ2n) is 19.1. The summed E-state index contributed by atoms with van der Waals surface area (Å²) in [4.78, 5) is 10.8. The number of hydrogen-bond donors (Lipinski definition) is 0. The molecule has 1 heterocycles. The molecule has 13 aromatic rings. The molecule has 0 aliphatic heterocycles. The van der Waals surface area contributed by atoms with Crippen molar-refractivity contribution >= 4 is 43.1 Å². The molecule has 2 aliphatic carbocycles. The largest absolute Gasteiger partial charge is 0.228 e. The molecule has 1 spiro atoms. The standard InChI is InChI=1S/C69H42N2/c1-3-20-44(21-4-1)65-54-30-11-12-31-55(54)66(57-37-35-43-19-7-8-24-47(43)67(57)65)56-39-38-53(48-25-9-10-26-49(48)56)64-42-63(70-68(71-64)45-22-5-2-6-23-45)46-36-40-62-58(41-46)52-29-15-18-34-61(52)69(62)59-32-16-13-27-50(59)51-28-14-17-33-60(51)69/h1-42H. The minimum Gasteiger partial charge on any atom is -0.228 e. The van der Waals surface area contributed by atoms with Crippen molar-refractivity contribution in [2.24, 2.45) is 0 Å². The van der Waals surface area contributed by atoms with E-state index in [-0.39, 0.29) is 0 Å². The zero-order chi connectivity index (χ0) is 46.6. The van der Waals surface area contributed by atoms with Crippen LogP contribution in [0.3, 0.4) is 0 Å². The second-order valence-corrected chi connectivity index (χ2v) is 19.1. The summed E-state index contributed by atoms with van der Waals surface area (Å²) in [7, 11) is 0. The highest BCUT2D eigenvalue weighted by molar-refractivity contribution is 6.29. The summed E-state index contributed by atoms with van der Waals surface area (Å²) in [6.45, 7) is 0. The van der Waals surface area contributed by atoms with Gasteiger partial charge in [-0.05, 0) is 122 Å². The number of fused-ring (bicyclic) bond motifs is 15. The average molecular weight is 899 g/mol. The first-order chi connectivity index (χ1) is 35.2. The lowest BCUT2D eigenvalue weighted by atomic mass is 9.70. The van der Waals surface area contributed by atoms with Crippen LogP contribution in [0.15, 0.2) is 255 Å². The molecule has 0 atom stereocenters. The van der Waals surface area contributed by atoms with E-state index in [0.29, 0.717) is 5.82 Å². The van der Waals surface area contributed by atoms with Crippen molar-refractivity contribution < 1.29 is 0 Å². The molecular weight excluding hydrogens is 857 g/mol. The lowest BCUT2D eigenvalue weighted by Gasteiger charge is -2.30. The van der Waals surface area contributed by atoms with Gasteiger partial charge in [-0.15, -0.1) is 0 Å². The molecule has 15 rings (SSSR count). The van der Waals surface area contributed by atoms with Crippen LogP contribution in [0.5, 0.6) is 0 Å². The molecule has 0 saturated heterocycles. The number of aromatic nitrogens is 2. The van der Waals surface area contributed by atoms with Crippen molar-refractivity contribution in [3.8, 4) is 78.4 Å². The van der Waals surface area contributed by atoms with Crippen molar-refractivity contribution in [2.45, 2.75) is 5.41 Å². The molecule has 2 nitrogen and oxygen atoms in total. The van der Waals surface area contributed by atoms with E-state index < -0.39 is 5.41 Å². The molecule has 12 aromatic carbocycles. The van der Waals surface area contributed by atoms with Gasteiger partial charge in [-0.25, -0.2) is 9.97 Å². The second kappa shape index (κ2) is 15.4. The number of nitrogens with zero attached hydrogens (tertiary/aromatic N) is 2. The third-order valence-electron chi connectivity index (χ3n) is 15.5. The summed E-state index contributed by atoms with van der Waals surface area (Å²) in [5.74, 6) is 0.697. The first-order valence-electron chi connectivity index (χ1n) is 24.6. The Labute approximate surface area is 411 Å². The van der Waals surface area contributed by atoms with Gasteiger partial charge in [-0.1, -0.05) is 243 Å². The third-order valence-corrected chi connectivity index (χ3v) is 15.5. The maximum Gasteiger partial charge on any atom is 0.160 e. The maximum atomic E-state index is 5.44. The predicted molar refractivity (Wildman–Crippen MR) is 296 cm³/mol. The molecule has 71 heavy (non-hydrogen) atoms. The van der Waals surface area contributed by atoms with Gasteiger partial charge in [0.25, 0.3) is 0 Å². The van der Waals surface area contributed by atoms with Gasteiger partial charge < -0.3 is 0 Å². The molecule has 2 heteroatoms. The number of hydrogen-bond acceptors (Lipinski definition) is 2. The Balaban J connectivity index is 0.952. The SMILES string of the molecule is c1ccc(-c2nc(-c3ccc4c(c3)-c3ccccc3C43c4ccccc4-c4ccccc43)cc(-c3ccc(-c4c5ccccc5c(-c5ccccc5)c5c4ccc4ccccc45)c4ccccc34)n2)cc1. The Morgan fingerprint density at radius 2 is 0.746 bits per heavy atom. The minimum absolute atomic E-state index is 0.407. The maximum absolute atomic E-state index is 5.44. The van der Waals surface area contributed by atoms with E-state index in [9.17, 15) is 0 Å². The van der Waals surface area contributed by atoms with E-state index in [1.54, 1.807) is 0 Å². The summed E-state index contributed by atoms with van der Waals surface area (Å²) >= 11 is 0. The van der Waals surface area contributed by atoms with Crippen LogP contribution >= 0.6 is 0 Å². The molecule has 0 amide bonds. The van der Waals surface area contributed by atoms with Gasteiger partial charge in [0.2, 0.25) is 0 Å². The summed E-state index contributed by atoms with van der Waals surface area (Å²) in [5, 5.41) is 9.77. The Morgan fingerprint density at radius 1 is 0.254 bits per heavy atom. The molecule has 0 N–H and O–H groups in total. The summed E-state index contributed by atoms with van der Waals surface area (Å²) in [5.41, 5.74) is 19.8. The highest BCUT2D eigenvalue weighted by atomic mass is 14.9. The van der Waals surface area contributed by atoms with Gasteiger partial charge in [-0.3, -0.25) is 0 Å². The molecule has 2 aliphatic rings. The Kier molecular flexibility index (Phi) is 8.61. The first-order valence-corrected chi connectivity index (χ1v) is 24.6. The Morgan fingerprint density at radius 3 is 1.42 bits per heavy atom. The Bertz CT molecular complexity index is 4290. The first kappa shape index (κ1) is 39.7. The van der Waals surface area contributed by atoms with Crippen molar-refractivity contribution in [2.75, 3.05) is 0 Å². The van der Waals surface area contributed by atoms with Gasteiger partial charge in [0, 0.05) is 16.7 Å². The van der Waals surface area contributed by atoms with Gasteiger partial charge in [0.1, 0.15) is 0 Å². The van der Waals surface area contributed by atoms with Crippen LogP contribution in [-0.4, -0.2) is 9.97 Å². The number of rotatable bonds is 5. The zero-order valence-corrected chi connectivity index (χ0v) is 38.6. The molecule has 0 bridgehead atoms. The molecule has 1 aromatic heterocycles. The van der Waals surface area contributed by atoms with Crippen molar-refractivity contribution in [3.63, 3.8) is 0 Å². The fourth-order valence-corrected chi connectivity index (χ4v) is 12.6. The quantitative estimate of drug-likeness (QED) is 0.127. The van der Waals surface area contributed by atoms with Crippen LogP contribution in [0, 0.1) is 0 Å². The van der Waals surface area contributed by atoms with Crippen molar-refractivity contribution in [1.82, 2.24) is 9.97 Å². The summed E-state index contributed by atoms with van der Waals surface area (Å²) in [6, 6.07) is 93.5. The topological polar surface area (TPSA) is 25.8 Å². The third kappa shape index (κ3) is 5.71. The lowest BCUT2D eigenvalue weighted by Crippen LogP contribution is -2.25. The van der Waals surface area contributed by atoms with Crippen LogP contribution in [0.2, 0.25) is 0 Å². The van der Waals surface area contributed by atoms with E-state index >= 15 is 0 Å². The van der Waals surface area contributed by atoms with Crippen LogP contribution in [0.1, 0.15) is 22.3 Å². The van der Waals surface area contributed by atoms with E-state index in [2.05, 4.69) is 255 Å². The van der Waals surface area contributed by atoms with Crippen LogP contribution < -0.4 is 0 Å². The fourth-order valence-electron chi connectivity index (χ4n) is 12.6. The molecule has 0 fully saturated rings. The highest BCUT2D eigenvalue weighted by Crippen LogP contribution is 2.63. The lowest BCUT2D eigenvalue weighted by molar-refractivity contribution is 0.794. The summed E-state index contributed by atoms with van der Waals surface area (Å²) in [6.07, 6.45) is 0. The monoisotopic (exact) mass is 898 g/mol. The van der Waals surface area contributed by atoms with E-state index in [0.717, 1.165) is 33.5 Å². The smallest absolute Gasteiger partial charge is 0.160 e. The van der Waals surface area contributed by atoms with Gasteiger partial charge in [0.15, 0.2) is 5.82 Å². The molecule has 328 valence electrons.